The first-order valence-corrected chi connectivity index (χ1v) is 16.2. The Morgan fingerprint density at radius 3 is 2.37 bits per heavy atom. The van der Waals surface area contributed by atoms with E-state index < -0.39 is 35.0 Å². The van der Waals surface area contributed by atoms with E-state index in [0.717, 1.165) is 25.9 Å². The summed E-state index contributed by atoms with van der Waals surface area (Å²) in [5.41, 5.74) is -1.37. The van der Waals surface area contributed by atoms with Gasteiger partial charge in [-0.2, -0.15) is 13.2 Å². The molecule has 4 aromatic rings. The van der Waals surface area contributed by atoms with Crippen molar-refractivity contribution in [2.45, 2.75) is 32.7 Å². The number of hydrogen-bond acceptors (Lipinski definition) is 7. The zero-order valence-corrected chi connectivity index (χ0v) is 28.1. The van der Waals surface area contributed by atoms with Gasteiger partial charge in [0.1, 0.15) is 6.61 Å². The van der Waals surface area contributed by atoms with Crippen molar-refractivity contribution in [1.82, 2.24) is 4.57 Å². The summed E-state index contributed by atoms with van der Waals surface area (Å²) in [5, 5.41) is 0.519. The van der Waals surface area contributed by atoms with Gasteiger partial charge in [-0.15, -0.1) is 0 Å². The molecule has 5 rings (SSSR count). The second-order valence-electron chi connectivity index (χ2n) is 9.79. The van der Waals surface area contributed by atoms with E-state index in [0.29, 0.717) is 22.1 Å². The van der Waals surface area contributed by atoms with Gasteiger partial charge < -0.3 is 14.2 Å². The number of esters is 1. The Hall–Kier alpha value is -3.58. The van der Waals surface area contributed by atoms with Gasteiger partial charge in [0, 0.05) is 9.50 Å². The van der Waals surface area contributed by atoms with Crippen LogP contribution in [-0.4, -0.2) is 29.9 Å². The van der Waals surface area contributed by atoms with Crippen molar-refractivity contribution in [3.8, 4) is 11.5 Å². The number of hydrogen-bond donors (Lipinski definition) is 0. The summed E-state index contributed by atoms with van der Waals surface area (Å²) in [6.07, 6.45) is -3.55. The Labute approximate surface area is 283 Å². The van der Waals surface area contributed by atoms with Crippen LogP contribution in [0.1, 0.15) is 36.6 Å². The lowest BCUT2D eigenvalue weighted by molar-refractivity contribution is -0.140. The molecule has 0 aliphatic carbocycles. The number of halogens is 6. The molecule has 1 atom stereocenters. The van der Waals surface area contributed by atoms with Crippen molar-refractivity contribution in [2.24, 2.45) is 4.99 Å². The molecule has 0 unspecified atom stereocenters. The lowest BCUT2D eigenvalue weighted by atomic mass is 9.95. The van der Waals surface area contributed by atoms with Gasteiger partial charge in [0.25, 0.3) is 5.56 Å². The maximum atomic E-state index is 14.4. The standard InChI is InChI=1S/C32H24BrCl2F3N2O5S/c1-3-43-23-14-18(13-22(35)27(23)45-16-17-5-9-20(33)10-6-17)15-24-29(41)40-26(19-7-11-21(34)12-8-19)25(30(42)44-4-2)28(32(36,37)38)39-31(40)46-24/h5-15,26H,3-4,16H2,1-2H3/b24-15-/t26-/m0/s1. The van der Waals surface area contributed by atoms with Gasteiger partial charge in [-0.3, -0.25) is 9.36 Å². The van der Waals surface area contributed by atoms with E-state index in [4.69, 9.17) is 37.4 Å². The highest BCUT2D eigenvalue weighted by molar-refractivity contribution is 9.10. The van der Waals surface area contributed by atoms with Gasteiger partial charge in [-0.05, 0) is 73.0 Å². The lowest BCUT2D eigenvalue weighted by Gasteiger charge is -2.26. The first-order chi connectivity index (χ1) is 21.9. The molecule has 2 heterocycles. The topological polar surface area (TPSA) is 79.1 Å². The summed E-state index contributed by atoms with van der Waals surface area (Å²) in [6, 6.07) is 15.1. The highest BCUT2D eigenvalue weighted by atomic mass is 79.9. The number of carbonyl (C=O) groups excluding carboxylic acids is 1. The van der Waals surface area contributed by atoms with Gasteiger partial charge in [0.05, 0.1) is 34.4 Å². The van der Waals surface area contributed by atoms with Gasteiger partial charge >= 0.3 is 12.1 Å². The monoisotopic (exact) mass is 754 g/mol. The van der Waals surface area contributed by atoms with Crippen LogP contribution in [0.3, 0.4) is 0 Å². The number of allylic oxidation sites excluding steroid dienone is 1. The molecule has 14 heteroatoms. The number of rotatable bonds is 9. The summed E-state index contributed by atoms with van der Waals surface area (Å²) in [5.74, 6) is -0.629. The molecule has 3 aromatic carbocycles. The van der Waals surface area contributed by atoms with Crippen molar-refractivity contribution in [2.75, 3.05) is 13.2 Å². The summed E-state index contributed by atoms with van der Waals surface area (Å²) in [6.45, 7) is 3.57. The number of fused-ring (bicyclic) bond motifs is 1. The smallest absolute Gasteiger partial charge is 0.434 e. The zero-order chi connectivity index (χ0) is 33.2. The van der Waals surface area contributed by atoms with Crippen LogP contribution in [0.2, 0.25) is 10.0 Å². The molecule has 240 valence electrons. The van der Waals surface area contributed by atoms with Crippen LogP contribution in [0.5, 0.6) is 11.5 Å². The van der Waals surface area contributed by atoms with Crippen molar-refractivity contribution < 1.29 is 32.2 Å². The molecule has 0 amide bonds. The maximum absolute atomic E-state index is 14.4. The van der Waals surface area contributed by atoms with Crippen LogP contribution in [-0.2, 0) is 16.1 Å². The van der Waals surface area contributed by atoms with E-state index in [-0.39, 0.29) is 39.7 Å². The quantitative estimate of drug-likeness (QED) is 0.167. The number of thiazole rings is 1. The average Bonchev–Trinajstić information content (AvgIpc) is 3.31. The first-order valence-electron chi connectivity index (χ1n) is 13.8. The van der Waals surface area contributed by atoms with E-state index >= 15 is 0 Å². The third kappa shape index (κ3) is 7.20. The molecule has 46 heavy (non-hydrogen) atoms. The third-order valence-electron chi connectivity index (χ3n) is 6.71. The molecule has 0 saturated heterocycles. The van der Waals surface area contributed by atoms with E-state index in [1.165, 1.54) is 37.3 Å². The predicted molar refractivity (Wildman–Crippen MR) is 173 cm³/mol. The number of alkyl halides is 3. The fraction of sp³-hybridized carbons (Fsp3) is 0.219. The number of aromatic nitrogens is 1. The lowest BCUT2D eigenvalue weighted by Crippen LogP contribution is -2.41. The van der Waals surface area contributed by atoms with Crippen LogP contribution in [0.4, 0.5) is 13.2 Å². The van der Waals surface area contributed by atoms with E-state index in [9.17, 15) is 22.8 Å². The largest absolute Gasteiger partial charge is 0.490 e. The van der Waals surface area contributed by atoms with Crippen LogP contribution < -0.4 is 24.4 Å². The summed E-state index contributed by atoms with van der Waals surface area (Å²) in [4.78, 5) is 30.5. The highest BCUT2D eigenvalue weighted by Gasteiger charge is 2.45. The summed E-state index contributed by atoms with van der Waals surface area (Å²) < 4.78 is 61.9. The highest BCUT2D eigenvalue weighted by Crippen LogP contribution is 2.39. The fourth-order valence-electron chi connectivity index (χ4n) is 4.76. The molecule has 7 nitrogen and oxygen atoms in total. The van der Waals surface area contributed by atoms with Crippen molar-refractivity contribution in [3.05, 3.63) is 123 Å². The van der Waals surface area contributed by atoms with Crippen LogP contribution >= 0.6 is 50.5 Å². The Bertz CT molecular complexity index is 1990. The minimum absolute atomic E-state index is 0.0476. The van der Waals surface area contributed by atoms with Crippen molar-refractivity contribution >= 4 is 62.5 Å². The molecule has 0 spiro atoms. The van der Waals surface area contributed by atoms with E-state index in [1.54, 1.807) is 19.1 Å². The second-order valence-corrected chi connectivity index (χ2v) is 12.6. The molecule has 0 radical (unpaired) electrons. The van der Waals surface area contributed by atoms with Crippen molar-refractivity contribution in [1.29, 1.82) is 0 Å². The number of nitrogens with zero attached hydrogens (tertiary/aromatic N) is 2. The van der Waals surface area contributed by atoms with Gasteiger partial charge in [-0.25, -0.2) is 9.79 Å². The molecule has 0 fully saturated rings. The van der Waals surface area contributed by atoms with Gasteiger partial charge in [0.15, 0.2) is 22.0 Å². The summed E-state index contributed by atoms with van der Waals surface area (Å²) >= 11 is 16.8. The summed E-state index contributed by atoms with van der Waals surface area (Å²) in [7, 11) is 0. The molecule has 0 saturated carbocycles. The van der Waals surface area contributed by atoms with Crippen LogP contribution in [0, 0.1) is 0 Å². The minimum atomic E-state index is -5.02. The predicted octanol–water partition coefficient (Wildman–Crippen LogP) is 7.39. The minimum Gasteiger partial charge on any atom is -0.490 e. The van der Waals surface area contributed by atoms with Crippen LogP contribution in [0.15, 0.2) is 86.2 Å². The third-order valence-corrected chi connectivity index (χ3v) is 8.75. The molecular formula is C32H24BrCl2F3N2O5S. The van der Waals surface area contributed by atoms with Gasteiger partial charge in [0.2, 0.25) is 0 Å². The zero-order valence-electron chi connectivity index (χ0n) is 24.2. The molecule has 0 bridgehead atoms. The number of carbonyl (C=O) groups is 1. The number of benzene rings is 3. The Balaban J connectivity index is 1.64. The fourth-order valence-corrected chi connectivity index (χ4v) is 6.43. The SMILES string of the molecule is CCOC(=O)C1=C(C(F)(F)F)N=c2s/c(=C\c3cc(Cl)c(OCc4ccc(Br)cc4)c(OCC)c3)c(=O)n2[C@H]1c1ccc(Cl)cc1. The maximum Gasteiger partial charge on any atom is 0.434 e. The molecule has 0 N–H and O–H groups in total. The number of ether oxygens (including phenoxy) is 3. The normalized spacial score (nSPS) is 15.0. The Morgan fingerprint density at radius 2 is 1.74 bits per heavy atom. The Morgan fingerprint density at radius 1 is 1.04 bits per heavy atom. The second kappa shape index (κ2) is 14.0. The average molecular weight is 756 g/mol. The van der Waals surface area contributed by atoms with Crippen molar-refractivity contribution in [3.63, 3.8) is 0 Å². The van der Waals surface area contributed by atoms with E-state index in [1.807, 2.05) is 24.3 Å². The molecule has 1 aromatic heterocycles. The van der Waals surface area contributed by atoms with Crippen LogP contribution in [0.25, 0.3) is 6.08 Å². The van der Waals surface area contributed by atoms with E-state index in [2.05, 4.69) is 20.9 Å². The first kappa shape index (κ1) is 33.8. The molecule has 1 aliphatic heterocycles. The molecule has 1 aliphatic rings. The molecular weight excluding hydrogens is 732 g/mol. The van der Waals surface area contributed by atoms with Gasteiger partial charge in [-0.1, -0.05) is 74.7 Å². The Kier molecular flexibility index (Phi) is 10.3.